The first-order valence-electron chi connectivity index (χ1n) is 5.85. The van der Waals surface area contributed by atoms with Crippen molar-refractivity contribution in [2.24, 2.45) is 0 Å². The fourth-order valence-corrected chi connectivity index (χ4v) is 2.58. The molecule has 2 heterocycles. The van der Waals surface area contributed by atoms with E-state index in [0.29, 0.717) is 0 Å². The van der Waals surface area contributed by atoms with Crippen molar-refractivity contribution in [1.82, 2.24) is 4.98 Å². The zero-order chi connectivity index (χ0) is 11.2. The molecule has 0 amide bonds. The summed E-state index contributed by atoms with van der Waals surface area (Å²) in [7, 11) is 0. The van der Waals surface area contributed by atoms with E-state index in [-0.39, 0.29) is 0 Å². The molecule has 0 atom stereocenters. The molecule has 2 heteroatoms. The van der Waals surface area contributed by atoms with E-state index in [1.165, 1.54) is 16.3 Å². The number of nitrogens with zero attached hydrogens (tertiary/aromatic N) is 1. The number of fused-ring (bicyclic) bond motifs is 5. The molecule has 1 aromatic heterocycles. The summed E-state index contributed by atoms with van der Waals surface area (Å²) in [5.74, 6) is 1.03. The highest BCUT2D eigenvalue weighted by molar-refractivity contribution is 6.09. The first-order chi connectivity index (χ1) is 8.43. The first kappa shape index (κ1) is 8.99. The molecule has 0 saturated carbocycles. The molecule has 3 aromatic rings. The zero-order valence-corrected chi connectivity index (χ0v) is 9.31. The van der Waals surface area contributed by atoms with Gasteiger partial charge in [-0.25, -0.2) is 0 Å². The summed E-state index contributed by atoms with van der Waals surface area (Å²) in [5.41, 5.74) is 2.25. The number of ether oxygens (including phenoxy) is 1. The number of rotatable bonds is 0. The molecule has 0 aliphatic carbocycles. The summed E-state index contributed by atoms with van der Waals surface area (Å²) in [6, 6.07) is 12.6. The Morgan fingerprint density at radius 3 is 3.00 bits per heavy atom. The summed E-state index contributed by atoms with van der Waals surface area (Å²) >= 11 is 0. The molecule has 2 nitrogen and oxygen atoms in total. The maximum Gasteiger partial charge on any atom is 0.134 e. The lowest BCUT2D eigenvalue weighted by atomic mass is 10.0. The standard InChI is InChI=1S/C15H11NO/c1-2-4-12-10(3-1)5-6-13-14(12)15-11(9-16-13)7-8-17-15/h1-6,9H,7-8H2. The number of pyridine rings is 1. The highest BCUT2D eigenvalue weighted by Crippen LogP contribution is 2.37. The third-order valence-electron chi connectivity index (χ3n) is 3.40. The number of hydrogen-bond acceptors (Lipinski definition) is 2. The van der Waals surface area contributed by atoms with E-state index in [1.54, 1.807) is 0 Å². The van der Waals surface area contributed by atoms with Gasteiger partial charge in [-0.3, -0.25) is 4.98 Å². The molecule has 2 aromatic carbocycles. The van der Waals surface area contributed by atoms with Gasteiger partial charge in [0.1, 0.15) is 5.75 Å². The van der Waals surface area contributed by atoms with Gasteiger partial charge < -0.3 is 4.74 Å². The quantitative estimate of drug-likeness (QED) is 0.543. The molecule has 0 spiro atoms. The second-order valence-electron chi connectivity index (χ2n) is 4.39. The van der Waals surface area contributed by atoms with Crippen LogP contribution in [0.25, 0.3) is 21.7 Å². The summed E-state index contributed by atoms with van der Waals surface area (Å²) in [5, 5.41) is 3.64. The van der Waals surface area contributed by atoms with Crippen LogP contribution in [0.4, 0.5) is 0 Å². The van der Waals surface area contributed by atoms with Gasteiger partial charge in [0.25, 0.3) is 0 Å². The molecule has 0 unspecified atom stereocenters. The van der Waals surface area contributed by atoms with Crippen molar-refractivity contribution >= 4 is 21.7 Å². The van der Waals surface area contributed by atoms with Gasteiger partial charge in [-0.2, -0.15) is 0 Å². The van der Waals surface area contributed by atoms with Crippen molar-refractivity contribution in [3.05, 3.63) is 48.2 Å². The zero-order valence-electron chi connectivity index (χ0n) is 9.31. The van der Waals surface area contributed by atoms with E-state index in [4.69, 9.17) is 4.74 Å². The van der Waals surface area contributed by atoms with Crippen LogP contribution in [0.15, 0.2) is 42.6 Å². The van der Waals surface area contributed by atoms with E-state index in [9.17, 15) is 0 Å². The lowest BCUT2D eigenvalue weighted by molar-refractivity contribution is 0.360. The number of benzene rings is 2. The van der Waals surface area contributed by atoms with Gasteiger partial charge in [0.05, 0.1) is 17.5 Å². The minimum absolute atomic E-state index is 0.777. The molecule has 0 radical (unpaired) electrons. The van der Waals surface area contributed by atoms with E-state index in [2.05, 4.69) is 41.4 Å². The Hall–Kier alpha value is -2.09. The molecule has 4 rings (SSSR count). The molecular weight excluding hydrogens is 210 g/mol. The van der Waals surface area contributed by atoms with Gasteiger partial charge in [-0.1, -0.05) is 30.3 Å². The predicted octanol–water partition coefficient (Wildman–Crippen LogP) is 3.32. The van der Waals surface area contributed by atoms with E-state index in [1.807, 2.05) is 6.20 Å². The number of aromatic nitrogens is 1. The molecule has 0 N–H and O–H groups in total. The Kier molecular flexibility index (Phi) is 1.69. The normalized spacial score (nSPS) is 13.9. The van der Waals surface area contributed by atoms with Crippen LogP contribution in [-0.2, 0) is 6.42 Å². The van der Waals surface area contributed by atoms with Gasteiger partial charge in [0.2, 0.25) is 0 Å². The fourth-order valence-electron chi connectivity index (χ4n) is 2.58. The van der Waals surface area contributed by atoms with Gasteiger partial charge in [-0.15, -0.1) is 0 Å². The highest BCUT2D eigenvalue weighted by Gasteiger charge is 2.17. The Morgan fingerprint density at radius 2 is 2.00 bits per heavy atom. The van der Waals surface area contributed by atoms with Gasteiger partial charge in [0.15, 0.2) is 0 Å². The van der Waals surface area contributed by atoms with Crippen LogP contribution in [0.1, 0.15) is 5.56 Å². The minimum atomic E-state index is 0.777. The number of hydrogen-bond donors (Lipinski definition) is 0. The van der Waals surface area contributed by atoms with Crippen molar-refractivity contribution in [1.29, 1.82) is 0 Å². The van der Waals surface area contributed by atoms with Crippen molar-refractivity contribution in [3.63, 3.8) is 0 Å². The summed E-state index contributed by atoms with van der Waals surface area (Å²) in [6.45, 7) is 0.777. The molecule has 1 aliphatic rings. The fraction of sp³-hybridized carbons (Fsp3) is 0.133. The third kappa shape index (κ3) is 1.18. The average molecular weight is 221 g/mol. The average Bonchev–Trinajstić information content (AvgIpc) is 2.86. The van der Waals surface area contributed by atoms with Crippen LogP contribution in [0.3, 0.4) is 0 Å². The van der Waals surface area contributed by atoms with E-state index < -0.39 is 0 Å². The summed E-state index contributed by atoms with van der Waals surface area (Å²) in [4.78, 5) is 4.52. The van der Waals surface area contributed by atoms with Crippen molar-refractivity contribution in [2.75, 3.05) is 6.61 Å². The molecule has 17 heavy (non-hydrogen) atoms. The van der Waals surface area contributed by atoms with E-state index in [0.717, 1.165) is 29.7 Å². The maximum absolute atomic E-state index is 5.78. The topological polar surface area (TPSA) is 22.1 Å². The van der Waals surface area contributed by atoms with Crippen LogP contribution >= 0.6 is 0 Å². The van der Waals surface area contributed by atoms with Crippen LogP contribution in [0.5, 0.6) is 5.75 Å². The van der Waals surface area contributed by atoms with Gasteiger partial charge >= 0.3 is 0 Å². The SMILES string of the molecule is c1ccc2c(c1)ccc1ncc3c(c12)OCC3. The molecule has 0 bridgehead atoms. The van der Waals surface area contributed by atoms with Crippen LogP contribution in [0, 0.1) is 0 Å². The molecule has 82 valence electrons. The summed E-state index contributed by atoms with van der Waals surface area (Å²) < 4.78 is 5.78. The summed E-state index contributed by atoms with van der Waals surface area (Å²) in [6.07, 6.45) is 2.92. The van der Waals surface area contributed by atoms with Crippen LogP contribution in [-0.4, -0.2) is 11.6 Å². The Bertz CT molecular complexity index is 733. The molecule has 1 aliphatic heterocycles. The maximum atomic E-state index is 5.78. The van der Waals surface area contributed by atoms with Crippen LogP contribution in [0.2, 0.25) is 0 Å². The van der Waals surface area contributed by atoms with E-state index >= 15 is 0 Å². The lowest BCUT2D eigenvalue weighted by Crippen LogP contribution is -1.88. The second-order valence-corrected chi connectivity index (χ2v) is 4.39. The smallest absolute Gasteiger partial charge is 0.134 e. The van der Waals surface area contributed by atoms with Crippen molar-refractivity contribution < 1.29 is 4.74 Å². The van der Waals surface area contributed by atoms with Crippen molar-refractivity contribution in [2.45, 2.75) is 6.42 Å². The second kappa shape index (κ2) is 3.20. The molecular formula is C15H11NO. The predicted molar refractivity (Wildman–Crippen MR) is 68.4 cm³/mol. The monoisotopic (exact) mass is 221 g/mol. The lowest BCUT2D eigenvalue weighted by Gasteiger charge is -2.07. The Labute approximate surface area is 98.9 Å². The van der Waals surface area contributed by atoms with Crippen molar-refractivity contribution in [3.8, 4) is 5.75 Å². The van der Waals surface area contributed by atoms with Gasteiger partial charge in [-0.05, 0) is 16.8 Å². The third-order valence-corrected chi connectivity index (χ3v) is 3.40. The first-order valence-corrected chi connectivity index (χ1v) is 5.85. The van der Waals surface area contributed by atoms with Crippen LogP contribution < -0.4 is 4.74 Å². The highest BCUT2D eigenvalue weighted by atomic mass is 16.5. The largest absolute Gasteiger partial charge is 0.492 e. The Morgan fingerprint density at radius 1 is 1.06 bits per heavy atom. The van der Waals surface area contributed by atoms with Gasteiger partial charge in [0, 0.05) is 18.2 Å². The Balaban J connectivity index is 2.27. The molecule has 0 saturated heterocycles. The molecule has 0 fully saturated rings. The minimum Gasteiger partial charge on any atom is -0.492 e.